The Balaban J connectivity index is 1.45. The predicted molar refractivity (Wildman–Crippen MR) is 101 cm³/mol. The number of aliphatic hydroxyl groups excluding tert-OH is 1. The molecule has 2 aliphatic carbocycles. The van der Waals surface area contributed by atoms with Crippen molar-refractivity contribution in [3.63, 3.8) is 0 Å². The Morgan fingerprint density at radius 3 is 2.50 bits per heavy atom. The van der Waals surface area contributed by atoms with Gasteiger partial charge in [0.1, 0.15) is 0 Å². The molecule has 2 saturated carbocycles. The minimum atomic E-state index is 0.246. The van der Waals surface area contributed by atoms with Crippen molar-refractivity contribution in [3.05, 3.63) is 41.5 Å². The zero-order valence-corrected chi connectivity index (χ0v) is 14.9. The van der Waals surface area contributed by atoms with Gasteiger partial charge in [-0.05, 0) is 50.0 Å². The van der Waals surface area contributed by atoms with E-state index in [0.29, 0.717) is 18.1 Å². The molecule has 0 aromatic heterocycles. The first kappa shape index (κ1) is 17.7. The van der Waals surface area contributed by atoms with E-state index in [-0.39, 0.29) is 6.61 Å². The predicted octanol–water partition coefficient (Wildman–Crippen LogP) is 3.35. The second kappa shape index (κ2) is 8.80. The van der Waals surface area contributed by atoms with E-state index < -0.39 is 0 Å². The molecule has 3 heteroatoms. The van der Waals surface area contributed by atoms with Crippen LogP contribution in [0.15, 0.2) is 35.9 Å². The second-order valence-corrected chi connectivity index (χ2v) is 7.33. The third-order valence-corrected chi connectivity index (χ3v) is 5.55. The SMILES string of the molecule is CC/C(=C\c1ccccc1)[C@@H]1C[C@H]1NC1CCC(NCCO)CC1. The Bertz CT molecular complexity index is 520. The van der Waals surface area contributed by atoms with Crippen molar-refractivity contribution in [2.75, 3.05) is 13.2 Å². The molecule has 2 fully saturated rings. The van der Waals surface area contributed by atoms with E-state index in [9.17, 15) is 0 Å². The molecule has 3 N–H and O–H groups in total. The Kier molecular flexibility index (Phi) is 6.47. The van der Waals surface area contributed by atoms with Gasteiger partial charge >= 0.3 is 0 Å². The van der Waals surface area contributed by atoms with Crippen molar-refractivity contribution in [2.24, 2.45) is 5.92 Å². The summed E-state index contributed by atoms with van der Waals surface area (Å²) in [4.78, 5) is 0. The molecule has 1 aromatic carbocycles. The van der Waals surface area contributed by atoms with E-state index in [1.807, 2.05) is 0 Å². The normalized spacial score (nSPS) is 30.3. The van der Waals surface area contributed by atoms with Crippen molar-refractivity contribution in [1.29, 1.82) is 0 Å². The number of benzene rings is 1. The summed E-state index contributed by atoms with van der Waals surface area (Å²) in [5, 5.41) is 16.2. The monoisotopic (exact) mass is 328 g/mol. The number of rotatable bonds is 8. The Morgan fingerprint density at radius 1 is 1.12 bits per heavy atom. The van der Waals surface area contributed by atoms with E-state index in [0.717, 1.165) is 18.9 Å². The molecule has 0 amide bonds. The fourth-order valence-electron chi connectivity index (χ4n) is 4.06. The van der Waals surface area contributed by atoms with Gasteiger partial charge in [-0.3, -0.25) is 0 Å². The van der Waals surface area contributed by atoms with Crippen LogP contribution in [0.5, 0.6) is 0 Å². The van der Waals surface area contributed by atoms with Gasteiger partial charge in [0.25, 0.3) is 0 Å². The van der Waals surface area contributed by atoms with Gasteiger partial charge < -0.3 is 15.7 Å². The first-order chi connectivity index (χ1) is 11.8. The molecule has 3 rings (SSSR count). The van der Waals surface area contributed by atoms with Crippen LogP contribution in [0.25, 0.3) is 6.08 Å². The standard InChI is InChI=1S/C21H32N2O/c1-2-17(14-16-6-4-3-5-7-16)20-15-21(20)23-19-10-8-18(9-11-19)22-12-13-24/h3-7,14,18-24H,2,8-13,15H2,1H3/b17-14+/t18?,19?,20-,21+/m0/s1. The largest absolute Gasteiger partial charge is 0.395 e. The van der Waals surface area contributed by atoms with E-state index in [2.05, 4.69) is 54.0 Å². The molecular weight excluding hydrogens is 296 g/mol. The molecule has 1 aromatic rings. The number of aliphatic hydroxyl groups is 1. The lowest BCUT2D eigenvalue weighted by molar-refractivity contribution is 0.258. The van der Waals surface area contributed by atoms with Crippen LogP contribution in [0.1, 0.15) is 51.0 Å². The van der Waals surface area contributed by atoms with Crippen LogP contribution < -0.4 is 10.6 Å². The first-order valence-electron chi connectivity index (χ1n) is 9.66. The molecule has 0 radical (unpaired) electrons. The lowest BCUT2D eigenvalue weighted by Crippen LogP contribution is -2.41. The summed E-state index contributed by atoms with van der Waals surface area (Å²) in [5.74, 6) is 0.737. The molecule has 24 heavy (non-hydrogen) atoms. The highest BCUT2D eigenvalue weighted by molar-refractivity contribution is 5.54. The van der Waals surface area contributed by atoms with Crippen LogP contribution >= 0.6 is 0 Å². The highest BCUT2D eigenvalue weighted by Gasteiger charge is 2.40. The molecule has 132 valence electrons. The maximum atomic E-state index is 8.91. The molecule has 0 unspecified atom stereocenters. The summed E-state index contributed by atoms with van der Waals surface area (Å²) in [6, 6.07) is 12.7. The van der Waals surface area contributed by atoms with Crippen molar-refractivity contribution in [3.8, 4) is 0 Å². The number of hydrogen-bond donors (Lipinski definition) is 3. The van der Waals surface area contributed by atoms with Gasteiger partial charge in [-0.15, -0.1) is 0 Å². The summed E-state index contributed by atoms with van der Waals surface area (Å²) in [5.41, 5.74) is 2.92. The van der Waals surface area contributed by atoms with E-state index in [1.165, 1.54) is 37.7 Å². The van der Waals surface area contributed by atoms with Crippen LogP contribution in [0.4, 0.5) is 0 Å². The number of nitrogens with one attached hydrogen (secondary N) is 2. The van der Waals surface area contributed by atoms with Crippen molar-refractivity contribution in [1.82, 2.24) is 10.6 Å². The second-order valence-electron chi connectivity index (χ2n) is 7.33. The summed E-state index contributed by atoms with van der Waals surface area (Å²) in [6.45, 7) is 3.26. The molecule has 0 saturated heterocycles. The molecule has 2 aliphatic rings. The Hall–Kier alpha value is -1.16. The molecule has 3 nitrogen and oxygen atoms in total. The van der Waals surface area contributed by atoms with Gasteiger partial charge in [-0.1, -0.05) is 48.9 Å². The van der Waals surface area contributed by atoms with Crippen LogP contribution in [0.3, 0.4) is 0 Å². The summed E-state index contributed by atoms with van der Waals surface area (Å²) < 4.78 is 0. The van der Waals surface area contributed by atoms with E-state index >= 15 is 0 Å². The van der Waals surface area contributed by atoms with Gasteiger partial charge in [0, 0.05) is 24.7 Å². The highest BCUT2D eigenvalue weighted by atomic mass is 16.3. The lowest BCUT2D eigenvalue weighted by Gasteiger charge is -2.30. The molecule has 0 bridgehead atoms. The quantitative estimate of drug-likeness (QED) is 0.686. The average molecular weight is 329 g/mol. The van der Waals surface area contributed by atoms with Crippen LogP contribution in [0, 0.1) is 5.92 Å². The van der Waals surface area contributed by atoms with Crippen molar-refractivity contribution in [2.45, 2.75) is 63.6 Å². The fourth-order valence-corrected chi connectivity index (χ4v) is 4.06. The average Bonchev–Trinajstić information content (AvgIpc) is 3.39. The smallest absolute Gasteiger partial charge is 0.0556 e. The molecule has 0 aliphatic heterocycles. The minimum Gasteiger partial charge on any atom is -0.395 e. The maximum absolute atomic E-state index is 8.91. The van der Waals surface area contributed by atoms with E-state index in [4.69, 9.17) is 5.11 Å². The van der Waals surface area contributed by atoms with Gasteiger partial charge in [0.15, 0.2) is 0 Å². The minimum absolute atomic E-state index is 0.246. The fraction of sp³-hybridized carbons (Fsp3) is 0.619. The molecule has 2 atom stereocenters. The zero-order chi connectivity index (χ0) is 16.8. The third-order valence-electron chi connectivity index (χ3n) is 5.55. The van der Waals surface area contributed by atoms with Crippen molar-refractivity contribution >= 4 is 6.08 Å². The summed E-state index contributed by atoms with van der Waals surface area (Å²) in [6.07, 6.45) is 9.82. The Morgan fingerprint density at radius 2 is 1.83 bits per heavy atom. The summed E-state index contributed by atoms with van der Waals surface area (Å²) in [7, 11) is 0. The highest BCUT2D eigenvalue weighted by Crippen LogP contribution is 2.40. The van der Waals surface area contributed by atoms with Gasteiger partial charge in [-0.2, -0.15) is 0 Å². The van der Waals surface area contributed by atoms with Crippen LogP contribution in [0.2, 0.25) is 0 Å². The van der Waals surface area contributed by atoms with Crippen molar-refractivity contribution < 1.29 is 5.11 Å². The van der Waals surface area contributed by atoms with Crippen LogP contribution in [-0.2, 0) is 0 Å². The molecule has 0 spiro atoms. The first-order valence-corrected chi connectivity index (χ1v) is 9.66. The lowest BCUT2D eigenvalue weighted by atomic mass is 9.91. The maximum Gasteiger partial charge on any atom is 0.0556 e. The van der Waals surface area contributed by atoms with Gasteiger partial charge in [-0.25, -0.2) is 0 Å². The summed E-state index contributed by atoms with van der Waals surface area (Å²) >= 11 is 0. The van der Waals surface area contributed by atoms with E-state index in [1.54, 1.807) is 5.57 Å². The van der Waals surface area contributed by atoms with Gasteiger partial charge in [0.2, 0.25) is 0 Å². The molecule has 0 heterocycles. The third kappa shape index (κ3) is 4.92. The van der Waals surface area contributed by atoms with Gasteiger partial charge in [0.05, 0.1) is 6.61 Å². The molecular formula is C21H32N2O. The number of hydrogen-bond acceptors (Lipinski definition) is 3. The van der Waals surface area contributed by atoms with Crippen LogP contribution in [-0.4, -0.2) is 36.4 Å². The zero-order valence-electron chi connectivity index (χ0n) is 14.9. The Labute approximate surface area is 146 Å². The topological polar surface area (TPSA) is 44.3 Å².